The number of morpholine rings is 1. The van der Waals surface area contributed by atoms with Gasteiger partial charge in [-0.05, 0) is 31.0 Å². The van der Waals surface area contributed by atoms with Crippen molar-refractivity contribution in [3.63, 3.8) is 0 Å². The van der Waals surface area contributed by atoms with Crippen LogP contribution in [0.4, 0.5) is 0 Å². The van der Waals surface area contributed by atoms with E-state index in [0.717, 1.165) is 35.4 Å². The van der Waals surface area contributed by atoms with Crippen molar-refractivity contribution in [1.29, 1.82) is 0 Å². The molecule has 0 bridgehead atoms. The van der Waals surface area contributed by atoms with Gasteiger partial charge in [-0.25, -0.2) is 0 Å². The number of nitrogens with zero attached hydrogens (tertiary/aromatic N) is 2. The number of ether oxygens (including phenoxy) is 1. The fourth-order valence-corrected chi connectivity index (χ4v) is 3.49. The lowest BCUT2D eigenvalue weighted by atomic mass is 9.75. The van der Waals surface area contributed by atoms with Crippen LogP contribution in [0.25, 0.3) is 0 Å². The molecule has 7 nitrogen and oxygen atoms in total. The Bertz CT molecular complexity index is 732. The second kappa shape index (κ2) is 6.76. The van der Waals surface area contributed by atoms with Crippen molar-refractivity contribution in [3.05, 3.63) is 22.6 Å². The molecule has 0 radical (unpaired) electrons. The van der Waals surface area contributed by atoms with E-state index >= 15 is 0 Å². The molecule has 0 unspecified atom stereocenters. The molecule has 1 aromatic heterocycles. The van der Waals surface area contributed by atoms with Crippen molar-refractivity contribution >= 4 is 28.9 Å². The molecule has 3 rings (SSSR count). The first-order chi connectivity index (χ1) is 11.8. The molecule has 1 amide bonds. The summed E-state index contributed by atoms with van der Waals surface area (Å²) in [5.41, 5.74) is 10.7. The maximum absolute atomic E-state index is 12.9. The lowest BCUT2D eigenvalue weighted by Crippen LogP contribution is -2.40. The van der Waals surface area contributed by atoms with Crippen LogP contribution in [0.3, 0.4) is 0 Å². The van der Waals surface area contributed by atoms with Crippen LogP contribution in [0.2, 0.25) is 0 Å². The number of amides is 1. The number of nitrogens with two attached hydrogens (primary N) is 1. The van der Waals surface area contributed by atoms with Gasteiger partial charge in [0.25, 0.3) is 5.91 Å². The number of carbonyl (C=O) groups is 1. The van der Waals surface area contributed by atoms with E-state index in [1.165, 1.54) is 0 Å². The molecule has 1 saturated heterocycles. The minimum absolute atomic E-state index is 0.0205. The second-order valence-corrected chi connectivity index (χ2v) is 7.75. The smallest absolute Gasteiger partial charge is 0.290 e. The van der Waals surface area contributed by atoms with E-state index in [2.05, 4.69) is 24.4 Å². The zero-order chi connectivity index (χ0) is 18.2. The number of rotatable bonds is 2. The van der Waals surface area contributed by atoms with Gasteiger partial charge in [-0.1, -0.05) is 13.8 Å². The van der Waals surface area contributed by atoms with Crippen LogP contribution in [-0.2, 0) is 11.2 Å². The summed E-state index contributed by atoms with van der Waals surface area (Å²) in [4.78, 5) is 14.6. The zero-order valence-corrected chi connectivity index (χ0v) is 15.7. The highest BCUT2D eigenvalue weighted by Gasteiger charge is 2.37. The molecule has 8 heteroatoms. The van der Waals surface area contributed by atoms with Crippen LogP contribution in [-0.4, -0.2) is 47.9 Å². The normalized spacial score (nSPS) is 21.1. The quantitative estimate of drug-likeness (QED) is 0.611. The van der Waals surface area contributed by atoms with Crippen LogP contribution in [0.5, 0.6) is 0 Å². The maximum atomic E-state index is 12.9. The summed E-state index contributed by atoms with van der Waals surface area (Å²) >= 11 is 4.85. The van der Waals surface area contributed by atoms with E-state index < -0.39 is 0 Å². The zero-order valence-electron chi connectivity index (χ0n) is 14.8. The number of nitrogens with one attached hydrogen (secondary N) is 1. The molecule has 2 aliphatic rings. The molecule has 1 aromatic rings. The number of hydrogen-bond acceptors (Lipinski definition) is 5. The number of hydrazone groups is 1. The molecule has 1 aliphatic carbocycles. The van der Waals surface area contributed by atoms with Crippen molar-refractivity contribution < 1.29 is 13.9 Å². The van der Waals surface area contributed by atoms with Gasteiger partial charge in [0.1, 0.15) is 5.76 Å². The summed E-state index contributed by atoms with van der Waals surface area (Å²) in [6, 6.07) is 0. The Hall–Kier alpha value is -1.93. The average molecular weight is 364 g/mol. The minimum Gasteiger partial charge on any atom is -0.455 e. The Labute approximate surface area is 152 Å². The Balaban J connectivity index is 1.98. The largest absolute Gasteiger partial charge is 0.455 e. The highest BCUT2D eigenvalue weighted by Crippen LogP contribution is 2.39. The first-order valence-corrected chi connectivity index (χ1v) is 8.81. The topological polar surface area (TPSA) is 93.1 Å². The van der Waals surface area contributed by atoms with Crippen LogP contribution < -0.4 is 11.2 Å². The maximum Gasteiger partial charge on any atom is 0.290 e. The number of thiocarbonyl (C=S) groups is 1. The predicted molar refractivity (Wildman–Crippen MR) is 98.7 cm³/mol. The number of fused-ring (bicyclic) bond motifs is 1. The van der Waals surface area contributed by atoms with Gasteiger partial charge in [0.15, 0.2) is 10.9 Å². The van der Waals surface area contributed by atoms with Gasteiger partial charge in [-0.15, -0.1) is 0 Å². The third-order valence-electron chi connectivity index (χ3n) is 4.59. The Kier molecular flexibility index (Phi) is 4.83. The van der Waals surface area contributed by atoms with Crippen molar-refractivity contribution in [3.8, 4) is 0 Å². The molecule has 0 saturated carbocycles. The minimum atomic E-state index is -0.0883. The second-order valence-electron chi connectivity index (χ2n) is 7.31. The lowest BCUT2D eigenvalue weighted by molar-refractivity contribution is 0.0280. The van der Waals surface area contributed by atoms with Crippen molar-refractivity contribution in [2.24, 2.45) is 16.3 Å². The third-order valence-corrected chi connectivity index (χ3v) is 4.68. The summed E-state index contributed by atoms with van der Waals surface area (Å²) in [7, 11) is 0. The summed E-state index contributed by atoms with van der Waals surface area (Å²) in [5, 5.41) is 4.48. The molecule has 136 valence electrons. The van der Waals surface area contributed by atoms with Gasteiger partial charge in [-0.2, -0.15) is 5.10 Å². The van der Waals surface area contributed by atoms with Crippen LogP contribution in [0.1, 0.15) is 47.7 Å². The highest BCUT2D eigenvalue weighted by molar-refractivity contribution is 7.80. The number of hydrogen-bond donors (Lipinski definition) is 2. The summed E-state index contributed by atoms with van der Waals surface area (Å²) in [6.07, 6.45) is 1.51. The SMILES string of the molecule is Cc1c(C(=O)N2CCOCC2)oc2c1/C(=N\NC(N)=S)CC(C)(C)C2. The molecule has 25 heavy (non-hydrogen) atoms. The van der Waals surface area contributed by atoms with Gasteiger partial charge in [0.2, 0.25) is 0 Å². The van der Waals surface area contributed by atoms with Crippen LogP contribution in [0.15, 0.2) is 9.52 Å². The Morgan fingerprint density at radius 1 is 1.32 bits per heavy atom. The summed E-state index contributed by atoms with van der Waals surface area (Å²) in [6.45, 7) is 8.48. The van der Waals surface area contributed by atoms with Gasteiger partial charge in [-0.3, -0.25) is 10.2 Å². The van der Waals surface area contributed by atoms with E-state index in [1.54, 1.807) is 4.90 Å². The molecule has 2 heterocycles. The molecule has 3 N–H and O–H groups in total. The predicted octanol–water partition coefficient (Wildman–Crippen LogP) is 1.57. The monoisotopic (exact) mass is 364 g/mol. The number of furan rings is 1. The Morgan fingerprint density at radius 2 is 2.00 bits per heavy atom. The van der Waals surface area contributed by atoms with Crippen molar-refractivity contribution in [2.75, 3.05) is 26.3 Å². The van der Waals surface area contributed by atoms with E-state index in [0.29, 0.717) is 32.1 Å². The average Bonchev–Trinajstić information content (AvgIpc) is 2.88. The lowest BCUT2D eigenvalue weighted by Gasteiger charge is -2.29. The van der Waals surface area contributed by atoms with Crippen LogP contribution in [0, 0.1) is 12.3 Å². The van der Waals surface area contributed by atoms with Crippen LogP contribution >= 0.6 is 12.2 Å². The van der Waals surface area contributed by atoms with Gasteiger partial charge >= 0.3 is 0 Å². The van der Waals surface area contributed by atoms with Gasteiger partial charge in [0.05, 0.1) is 18.9 Å². The molecule has 1 aliphatic heterocycles. The van der Waals surface area contributed by atoms with E-state index in [1.807, 2.05) is 6.92 Å². The van der Waals surface area contributed by atoms with Crippen molar-refractivity contribution in [1.82, 2.24) is 10.3 Å². The van der Waals surface area contributed by atoms with E-state index in [9.17, 15) is 4.79 Å². The molecular weight excluding hydrogens is 340 g/mol. The van der Waals surface area contributed by atoms with Gasteiger partial charge < -0.3 is 19.8 Å². The number of carbonyl (C=O) groups excluding carboxylic acids is 1. The molecule has 1 fully saturated rings. The third kappa shape index (κ3) is 3.69. The molecule has 0 spiro atoms. The fourth-order valence-electron chi connectivity index (χ4n) is 3.45. The standard InChI is InChI=1S/C17H24N4O3S/c1-10-13-11(19-20-16(18)25)8-17(2,3)9-12(13)24-14(10)15(22)21-4-6-23-7-5-21/h4-9H2,1-3H3,(H3,18,20,25)/b19-11-. The first kappa shape index (κ1) is 17.9. The first-order valence-electron chi connectivity index (χ1n) is 8.40. The molecular formula is C17H24N4O3S. The van der Waals surface area contributed by atoms with Crippen molar-refractivity contribution in [2.45, 2.75) is 33.6 Å². The molecule has 0 aromatic carbocycles. The fraction of sp³-hybridized carbons (Fsp3) is 0.588. The highest BCUT2D eigenvalue weighted by atomic mass is 32.1. The summed E-state index contributed by atoms with van der Waals surface area (Å²) < 4.78 is 11.3. The van der Waals surface area contributed by atoms with E-state index in [-0.39, 0.29) is 16.4 Å². The summed E-state index contributed by atoms with van der Waals surface area (Å²) in [5.74, 6) is 1.11. The Morgan fingerprint density at radius 3 is 2.64 bits per heavy atom. The van der Waals surface area contributed by atoms with E-state index in [4.69, 9.17) is 27.1 Å². The van der Waals surface area contributed by atoms with Gasteiger partial charge in [0, 0.05) is 30.6 Å². The molecule has 0 atom stereocenters.